The summed E-state index contributed by atoms with van der Waals surface area (Å²) in [6, 6.07) is 13.4. The van der Waals surface area contributed by atoms with E-state index in [9.17, 15) is 45.3 Å². The molecule has 3 aromatic carbocycles. The Morgan fingerprint density at radius 2 is 1.11 bits per heavy atom. The highest BCUT2D eigenvalue weighted by Crippen LogP contribution is 2.45. The predicted molar refractivity (Wildman–Crippen MR) is 121 cm³/mol. The maximum absolute atomic E-state index is 11.8. The van der Waals surface area contributed by atoms with Crippen LogP contribution in [0.2, 0.25) is 0 Å². The summed E-state index contributed by atoms with van der Waals surface area (Å²) < 4.78 is 0. The molecule has 3 aromatic rings. The molecule has 0 spiro atoms. The van der Waals surface area contributed by atoms with Crippen molar-refractivity contribution in [3.05, 3.63) is 113 Å². The number of hydrogen-bond donors (Lipinski definition) is 0. The zero-order valence-electron chi connectivity index (χ0n) is 17.3. The number of anilines is 2. The van der Waals surface area contributed by atoms with Crippen LogP contribution in [0, 0.1) is 40.5 Å². The second-order valence-corrected chi connectivity index (χ2v) is 6.60. The molecule has 35 heavy (non-hydrogen) atoms. The Kier molecular flexibility index (Phi) is 6.81. The molecule has 0 saturated carbocycles. The number of aldehydes is 1. The number of rotatable bonds is 9. The van der Waals surface area contributed by atoms with Crippen molar-refractivity contribution in [2.24, 2.45) is 5.10 Å². The third-order valence-electron chi connectivity index (χ3n) is 4.59. The SMILES string of the molecule is O=CC(=NN(c1cccc([N+](=O)[O-])c1[N+](=O)[O-])c1cccc([N+](=O)[O-])c1[N+](=O)[O-])c1ccccc1. The molecular formula is C20H12N6O9. The van der Waals surface area contributed by atoms with Crippen molar-refractivity contribution in [2.75, 3.05) is 5.01 Å². The van der Waals surface area contributed by atoms with E-state index in [-0.39, 0.29) is 17.6 Å². The van der Waals surface area contributed by atoms with Gasteiger partial charge in [-0.3, -0.25) is 45.3 Å². The number of hydrogen-bond acceptors (Lipinski definition) is 11. The zero-order chi connectivity index (χ0) is 25.7. The van der Waals surface area contributed by atoms with Gasteiger partial charge in [0.05, 0.1) is 19.7 Å². The molecule has 0 N–H and O–H groups in total. The number of nitro benzene ring substituents is 4. The van der Waals surface area contributed by atoms with Crippen LogP contribution >= 0.6 is 0 Å². The van der Waals surface area contributed by atoms with Crippen LogP contribution in [0.1, 0.15) is 5.56 Å². The van der Waals surface area contributed by atoms with E-state index < -0.39 is 53.8 Å². The van der Waals surface area contributed by atoms with Gasteiger partial charge >= 0.3 is 22.7 Å². The average Bonchev–Trinajstić information content (AvgIpc) is 2.84. The van der Waals surface area contributed by atoms with Crippen LogP contribution < -0.4 is 5.01 Å². The minimum Gasteiger partial charge on any atom is -0.296 e. The summed E-state index contributed by atoms with van der Waals surface area (Å²) in [6.45, 7) is 0. The summed E-state index contributed by atoms with van der Waals surface area (Å²) in [7, 11) is 0. The third kappa shape index (κ3) is 4.77. The van der Waals surface area contributed by atoms with Gasteiger partial charge in [0, 0.05) is 17.7 Å². The van der Waals surface area contributed by atoms with Crippen molar-refractivity contribution in [2.45, 2.75) is 0 Å². The van der Waals surface area contributed by atoms with E-state index in [1.807, 2.05) is 0 Å². The fraction of sp³-hybridized carbons (Fsp3) is 0. The van der Waals surface area contributed by atoms with E-state index in [1.165, 1.54) is 12.1 Å². The monoisotopic (exact) mass is 480 g/mol. The van der Waals surface area contributed by atoms with Crippen LogP contribution in [0.4, 0.5) is 34.1 Å². The van der Waals surface area contributed by atoms with Crippen LogP contribution in [0.15, 0.2) is 71.8 Å². The number of carbonyl (C=O) groups is 1. The highest BCUT2D eigenvalue weighted by atomic mass is 16.6. The molecule has 0 amide bonds. The first-order valence-electron chi connectivity index (χ1n) is 9.40. The standard InChI is InChI=1S/C20H12N6O9/c27-12-14(13-6-2-1-3-7-13)21-22(15-8-4-10-17(23(28)29)19(15)25(32)33)16-9-5-11-18(24(30)31)20(16)26(34)35/h1-12H. The Bertz CT molecular complexity index is 1320. The predicted octanol–water partition coefficient (Wildman–Crippen LogP) is 4.06. The van der Waals surface area contributed by atoms with Crippen molar-refractivity contribution >= 4 is 46.1 Å². The number of carbonyl (C=O) groups excluding carboxylic acids is 1. The maximum Gasteiger partial charge on any atom is 0.371 e. The molecule has 3 rings (SSSR count). The van der Waals surface area contributed by atoms with Crippen molar-refractivity contribution < 1.29 is 24.5 Å². The van der Waals surface area contributed by atoms with Crippen LogP contribution in [0.5, 0.6) is 0 Å². The molecule has 0 aliphatic heterocycles. The molecule has 0 heterocycles. The largest absolute Gasteiger partial charge is 0.371 e. The van der Waals surface area contributed by atoms with Gasteiger partial charge in [-0.15, -0.1) is 0 Å². The van der Waals surface area contributed by atoms with Gasteiger partial charge in [-0.25, -0.2) is 5.01 Å². The number of para-hydroxylation sites is 2. The van der Waals surface area contributed by atoms with E-state index in [0.717, 1.165) is 36.4 Å². The first-order valence-corrected chi connectivity index (χ1v) is 9.40. The molecule has 0 unspecified atom stereocenters. The van der Waals surface area contributed by atoms with Gasteiger partial charge in [0.2, 0.25) is 0 Å². The quantitative estimate of drug-likeness (QED) is 0.186. The molecular weight excluding hydrogens is 468 g/mol. The van der Waals surface area contributed by atoms with Gasteiger partial charge in [-0.1, -0.05) is 42.5 Å². The fourth-order valence-corrected chi connectivity index (χ4v) is 3.15. The van der Waals surface area contributed by atoms with Gasteiger partial charge in [0.25, 0.3) is 0 Å². The summed E-state index contributed by atoms with van der Waals surface area (Å²) >= 11 is 0. The third-order valence-corrected chi connectivity index (χ3v) is 4.59. The molecule has 15 heteroatoms. The van der Waals surface area contributed by atoms with Gasteiger partial charge < -0.3 is 0 Å². The Morgan fingerprint density at radius 1 is 0.657 bits per heavy atom. The normalized spacial score (nSPS) is 10.9. The molecule has 176 valence electrons. The van der Waals surface area contributed by atoms with E-state index >= 15 is 0 Å². The van der Waals surface area contributed by atoms with Crippen LogP contribution in [0.3, 0.4) is 0 Å². The zero-order valence-corrected chi connectivity index (χ0v) is 17.3. The van der Waals surface area contributed by atoms with Crippen molar-refractivity contribution in [1.29, 1.82) is 0 Å². The van der Waals surface area contributed by atoms with Crippen LogP contribution in [-0.2, 0) is 4.79 Å². The highest BCUT2D eigenvalue weighted by molar-refractivity contribution is 6.36. The molecule has 0 aliphatic carbocycles. The number of nitro groups is 4. The highest BCUT2D eigenvalue weighted by Gasteiger charge is 2.37. The maximum atomic E-state index is 11.8. The lowest BCUT2D eigenvalue weighted by Gasteiger charge is -2.19. The Morgan fingerprint density at radius 3 is 1.49 bits per heavy atom. The van der Waals surface area contributed by atoms with Gasteiger partial charge in [0.15, 0.2) is 17.7 Å². The van der Waals surface area contributed by atoms with Crippen molar-refractivity contribution in [1.82, 2.24) is 0 Å². The second kappa shape index (κ2) is 9.90. The topological polar surface area (TPSA) is 205 Å². The molecule has 0 saturated heterocycles. The lowest BCUT2D eigenvalue weighted by Crippen LogP contribution is -2.18. The lowest BCUT2D eigenvalue weighted by atomic mass is 10.1. The van der Waals surface area contributed by atoms with Gasteiger partial charge in [0.1, 0.15) is 5.71 Å². The van der Waals surface area contributed by atoms with Crippen LogP contribution in [0.25, 0.3) is 0 Å². The number of nitrogens with zero attached hydrogens (tertiary/aromatic N) is 6. The molecule has 0 atom stereocenters. The van der Waals surface area contributed by atoms with E-state index in [2.05, 4.69) is 5.10 Å². The number of benzene rings is 3. The fourth-order valence-electron chi connectivity index (χ4n) is 3.15. The minimum absolute atomic E-state index is 0.202. The Hall–Kier alpha value is -5.60. The molecule has 0 bridgehead atoms. The molecule has 0 aromatic heterocycles. The van der Waals surface area contributed by atoms with E-state index in [0.29, 0.717) is 5.01 Å². The summed E-state index contributed by atoms with van der Waals surface area (Å²) in [4.78, 5) is 54.1. The van der Waals surface area contributed by atoms with E-state index in [1.54, 1.807) is 18.2 Å². The van der Waals surface area contributed by atoms with Crippen LogP contribution in [-0.4, -0.2) is 31.7 Å². The lowest BCUT2D eigenvalue weighted by molar-refractivity contribution is -0.422. The first-order chi connectivity index (χ1) is 16.7. The molecule has 15 nitrogen and oxygen atoms in total. The van der Waals surface area contributed by atoms with Gasteiger partial charge in [-0.2, -0.15) is 5.10 Å². The van der Waals surface area contributed by atoms with Gasteiger partial charge in [-0.05, 0) is 12.1 Å². The smallest absolute Gasteiger partial charge is 0.296 e. The van der Waals surface area contributed by atoms with Crippen molar-refractivity contribution in [3.63, 3.8) is 0 Å². The van der Waals surface area contributed by atoms with E-state index in [4.69, 9.17) is 0 Å². The average molecular weight is 480 g/mol. The summed E-state index contributed by atoms with van der Waals surface area (Å²) in [5, 5.41) is 51.1. The summed E-state index contributed by atoms with van der Waals surface area (Å²) in [5.74, 6) is 0. The number of hydrazone groups is 1. The summed E-state index contributed by atoms with van der Waals surface area (Å²) in [6.07, 6.45) is 0.259. The molecule has 0 aliphatic rings. The van der Waals surface area contributed by atoms with Crippen molar-refractivity contribution in [3.8, 4) is 0 Å². The summed E-state index contributed by atoms with van der Waals surface area (Å²) in [5.41, 5.74) is -5.56. The molecule has 0 fully saturated rings. The molecule has 0 radical (unpaired) electrons. The Balaban J connectivity index is 2.47. The second-order valence-electron chi connectivity index (χ2n) is 6.60. The first kappa shape index (κ1) is 24.1. The Labute approximate surface area is 194 Å². The minimum atomic E-state index is -1.10.